The van der Waals surface area contributed by atoms with Crippen molar-refractivity contribution in [3.05, 3.63) is 0 Å². The average molecular weight is 297 g/mol. The van der Waals surface area contributed by atoms with E-state index in [9.17, 15) is 5.11 Å². The van der Waals surface area contributed by atoms with Crippen LogP contribution in [0.15, 0.2) is 0 Å². The topological polar surface area (TPSA) is 38.7 Å². The van der Waals surface area contributed by atoms with Crippen molar-refractivity contribution in [1.82, 2.24) is 15.1 Å². The molecule has 1 unspecified atom stereocenters. The molecular weight excluding hydrogens is 262 g/mol. The maximum Gasteiger partial charge on any atom is 0.0628 e. The van der Waals surface area contributed by atoms with Gasteiger partial charge in [0.15, 0.2) is 0 Å². The third kappa shape index (κ3) is 4.41. The van der Waals surface area contributed by atoms with Gasteiger partial charge in [0.25, 0.3) is 0 Å². The molecule has 0 spiro atoms. The first-order chi connectivity index (χ1) is 10.1. The van der Waals surface area contributed by atoms with Crippen LogP contribution < -0.4 is 5.32 Å². The molecule has 124 valence electrons. The summed E-state index contributed by atoms with van der Waals surface area (Å²) in [7, 11) is 2.26. The fraction of sp³-hybridized carbons (Fsp3) is 1.00. The van der Waals surface area contributed by atoms with E-state index < -0.39 is 0 Å². The predicted molar refractivity (Wildman–Crippen MR) is 88.6 cm³/mol. The molecule has 1 aliphatic carbocycles. The molecule has 2 fully saturated rings. The average Bonchev–Trinajstić information content (AvgIpc) is 3.36. The molecule has 21 heavy (non-hydrogen) atoms. The molecule has 1 saturated heterocycles. The molecule has 1 aliphatic heterocycles. The van der Waals surface area contributed by atoms with Gasteiger partial charge in [0.1, 0.15) is 0 Å². The highest BCUT2D eigenvalue weighted by Gasteiger charge is 2.45. The molecule has 2 rings (SSSR count). The van der Waals surface area contributed by atoms with Crippen molar-refractivity contribution in [3.8, 4) is 0 Å². The summed E-state index contributed by atoms with van der Waals surface area (Å²) in [5, 5.41) is 13.7. The van der Waals surface area contributed by atoms with Crippen LogP contribution in [0.25, 0.3) is 0 Å². The second-order valence-electron chi connectivity index (χ2n) is 7.10. The third-order valence-electron chi connectivity index (χ3n) is 5.53. The number of nitrogens with one attached hydrogen (secondary N) is 1. The highest BCUT2D eigenvalue weighted by Crippen LogP contribution is 2.40. The van der Waals surface area contributed by atoms with Crippen molar-refractivity contribution in [2.45, 2.75) is 57.5 Å². The van der Waals surface area contributed by atoms with Crippen LogP contribution >= 0.6 is 0 Å². The fourth-order valence-electron chi connectivity index (χ4n) is 3.82. The number of rotatable bonds is 9. The van der Waals surface area contributed by atoms with Gasteiger partial charge in [0.05, 0.1) is 12.1 Å². The number of nitrogens with zero attached hydrogens (tertiary/aromatic N) is 2. The number of piperidine rings is 1. The van der Waals surface area contributed by atoms with Crippen LogP contribution in [0.4, 0.5) is 0 Å². The maximum absolute atomic E-state index is 10.0. The number of aliphatic hydroxyl groups is 1. The molecular formula is C17H35N3O. The van der Waals surface area contributed by atoms with E-state index in [1.165, 1.54) is 45.3 Å². The summed E-state index contributed by atoms with van der Waals surface area (Å²) in [6.07, 6.45) is 6.22. The predicted octanol–water partition coefficient (Wildman–Crippen LogP) is 1.54. The molecule has 4 heteroatoms. The zero-order valence-electron chi connectivity index (χ0n) is 14.3. The van der Waals surface area contributed by atoms with Gasteiger partial charge in [0.2, 0.25) is 0 Å². The van der Waals surface area contributed by atoms with Crippen LogP contribution in [0.5, 0.6) is 0 Å². The molecule has 2 aliphatic rings. The van der Waals surface area contributed by atoms with Gasteiger partial charge in [-0.2, -0.15) is 0 Å². The van der Waals surface area contributed by atoms with Crippen LogP contribution in [0.3, 0.4) is 0 Å². The first kappa shape index (κ1) is 17.2. The summed E-state index contributed by atoms with van der Waals surface area (Å²) < 4.78 is 0. The van der Waals surface area contributed by atoms with E-state index in [0.717, 1.165) is 19.5 Å². The SMILES string of the molecule is CCCNC(CO)(CN(C)C1CCN(CC)CC1)C1CC1. The van der Waals surface area contributed by atoms with Crippen LogP contribution in [-0.4, -0.2) is 72.9 Å². The Hall–Kier alpha value is -0.160. The summed E-state index contributed by atoms with van der Waals surface area (Å²) in [4.78, 5) is 5.06. The van der Waals surface area contributed by atoms with E-state index >= 15 is 0 Å². The summed E-state index contributed by atoms with van der Waals surface area (Å²) in [6, 6.07) is 0.681. The lowest BCUT2D eigenvalue weighted by atomic mass is 9.91. The molecule has 4 nitrogen and oxygen atoms in total. The van der Waals surface area contributed by atoms with E-state index in [4.69, 9.17) is 0 Å². The lowest BCUT2D eigenvalue weighted by molar-refractivity contribution is 0.0621. The largest absolute Gasteiger partial charge is 0.394 e. The molecule has 0 amide bonds. The standard InChI is InChI=1S/C17H35N3O/c1-4-10-18-17(14-21,15-6-7-15)13-19(3)16-8-11-20(5-2)12-9-16/h15-16,18,21H,4-14H2,1-3H3. The Morgan fingerprint density at radius 2 is 1.86 bits per heavy atom. The second kappa shape index (κ2) is 7.91. The number of likely N-dealkylation sites (tertiary alicyclic amines) is 1. The van der Waals surface area contributed by atoms with E-state index in [0.29, 0.717) is 12.0 Å². The summed E-state index contributed by atoms with van der Waals surface area (Å²) in [5.74, 6) is 0.673. The Bertz CT molecular complexity index is 300. The Labute approximate surface area is 130 Å². The van der Waals surface area contributed by atoms with E-state index in [1.807, 2.05) is 0 Å². The molecule has 0 aromatic heterocycles. The van der Waals surface area contributed by atoms with Crippen molar-refractivity contribution in [2.24, 2.45) is 5.92 Å². The van der Waals surface area contributed by atoms with Crippen molar-refractivity contribution in [1.29, 1.82) is 0 Å². The monoisotopic (exact) mass is 297 g/mol. The molecule has 1 heterocycles. The highest BCUT2D eigenvalue weighted by molar-refractivity contribution is 5.03. The molecule has 0 bridgehead atoms. The molecule has 0 aromatic carbocycles. The zero-order valence-corrected chi connectivity index (χ0v) is 14.3. The first-order valence-corrected chi connectivity index (χ1v) is 8.93. The Morgan fingerprint density at radius 1 is 1.19 bits per heavy atom. The Morgan fingerprint density at radius 3 is 2.33 bits per heavy atom. The Kier molecular flexibility index (Phi) is 6.48. The zero-order chi connectivity index (χ0) is 15.3. The maximum atomic E-state index is 10.0. The van der Waals surface area contributed by atoms with Gasteiger partial charge in [0, 0.05) is 12.6 Å². The van der Waals surface area contributed by atoms with E-state index in [1.54, 1.807) is 0 Å². The second-order valence-corrected chi connectivity index (χ2v) is 7.10. The Balaban J connectivity index is 1.90. The van der Waals surface area contributed by atoms with Gasteiger partial charge in [-0.25, -0.2) is 0 Å². The number of likely N-dealkylation sites (N-methyl/N-ethyl adjacent to an activating group) is 1. The minimum absolute atomic E-state index is 0.0628. The van der Waals surface area contributed by atoms with Gasteiger partial charge >= 0.3 is 0 Å². The van der Waals surface area contributed by atoms with Crippen molar-refractivity contribution in [2.75, 3.05) is 46.4 Å². The molecule has 0 radical (unpaired) electrons. The van der Waals surface area contributed by atoms with Crippen molar-refractivity contribution < 1.29 is 5.11 Å². The lowest BCUT2D eigenvalue weighted by Crippen LogP contribution is -2.59. The quantitative estimate of drug-likeness (QED) is 0.677. The molecule has 0 aromatic rings. The number of hydrogen-bond acceptors (Lipinski definition) is 4. The van der Waals surface area contributed by atoms with Crippen molar-refractivity contribution in [3.63, 3.8) is 0 Å². The van der Waals surface area contributed by atoms with Gasteiger partial charge in [-0.3, -0.25) is 0 Å². The summed E-state index contributed by atoms with van der Waals surface area (Å²) in [6.45, 7) is 10.4. The van der Waals surface area contributed by atoms with Crippen LogP contribution in [0, 0.1) is 5.92 Å². The van der Waals surface area contributed by atoms with E-state index in [-0.39, 0.29) is 12.1 Å². The molecule has 2 N–H and O–H groups in total. The highest BCUT2D eigenvalue weighted by atomic mass is 16.3. The van der Waals surface area contributed by atoms with Gasteiger partial charge in [-0.1, -0.05) is 13.8 Å². The van der Waals surface area contributed by atoms with E-state index in [2.05, 4.69) is 36.0 Å². The minimum Gasteiger partial charge on any atom is -0.394 e. The van der Waals surface area contributed by atoms with Crippen molar-refractivity contribution >= 4 is 0 Å². The fourth-order valence-corrected chi connectivity index (χ4v) is 3.82. The van der Waals surface area contributed by atoms with Gasteiger partial charge in [-0.05, 0) is 71.2 Å². The normalized spacial score (nSPS) is 24.4. The first-order valence-electron chi connectivity index (χ1n) is 8.93. The molecule has 1 atom stereocenters. The van der Waals surface area contributed by atoms with Gasteiger partial charge in [-0.15, -0.1) is 0 Å². The van der Waals surface area contributed by atoms with Crippen LogP contribution in [0.1, 0.15) is 46.0 Å². The minimum atomic E-state index is -0.0628. The summed E-state index contributed by atoms with van der Waals surface area (Å²) in [5.41, 5.74) is -0.0628. The molecule has 1 saturated carbocycles. The summed E-state index contributed by atoms with van der Waals surface area (Å²) >= 11 is 0. The van der Waals surface area contributed by atoms with Gasteiger partial charge < -0.3 is 20.2 Å². The smallest absolute Gasteiger partial charge is 0.0628 e. The van der Waals surface area contributed by atoms with Crippen LogP contribution in [-0.2, 0) is 0 Å². The third-order valence-corrected chi connectivity index (χ3v) is 5.53. The van der Waals surface area contributed by atoms with Crippen LogP contribution in [0.2, 0.25) is 0 Å². The lowest BCUT2D eigenvalue weighted by Gasteiger charge is -2.42. The number of hydrogen-bond donors (Lipinski definition) is 2. The number of aliphatic hydroxyl groups excluding tert-OH is 1.